The number of carbonyl (C=O) groups is 3. The maximum atomic E-state index is 14.5. The fraction of sp³-hybridized carbons (Fsp3) is 0.536. The van der Waals surface area contributed by atoms with E-state index in [-0.39, 0.29) is 31.0 Å². The molecule has 0 bridgehead atoms. The molecule has 0 radical (unpaired) electrons. The second kappa shape index (κ2) is 9.48. The van der Waals surface area contributed by atoms with Gasteiger partial charge in [0.2, 0.25) is 17.7 Å². The maximum absolute atomic E-state index is 14.5. The Morgan fingerprint density at radius 1 is 1.05 bits per heavy atom. The molecule has 2 aromatic rings. The van der Waals surface area contributed by atoms with Gasteiger partial charge in [0, 0.05) is 24.4 Å². The van der Waals surface area contributed by atoms with E-state index in [1.807, 2.05) is 61.2 Å². The molecular formula is C28H34N6O4S. The van der Waals surface area contributed by atoms with Gasteiger partial charge in [-0.3, -0.25) is 14.4 Å². The molecule has 0 saturated carbocycles. The zero-order valence-corrected chi connectivity index (χ0v) is 23.3. The van der Waals surface area contributed by atoms with Crippen LogP contribution in [0.3, 0.4) is 0 Å². The highest BCUT2D eigenvalue weighted by Gasteiger charge is 2.74. The summed E-state index contributed by atoms with van der Waals surface area (Å²) in [5.74, 6) is -1.82. The van der Waals surface area contributed by atoms with E-state index in [4.69, 9.17) is 0 Å². The molecule has 2 fully saturated rings. The molecule has 1 N–H and O–H groups in total. The average molecular weight is 551 g/mol. The molecule has 6 atom stereocenters. The summed E-state index contributed by atoms with van der Waals surface area (Å²) >= 11 is 1.55. The van der Waals surface area contributed by atoms with Gasteiger partial charge in [0.1, 0.15) is 18.2 Å². The zero-order valence-electron chi connectivity index (χ0n) is 22.4. The van der Waals surface area contributed by atoms with Crippen molar-refractivity contribution in [1.29, 1.82) is 0 Å². The third-order valence-corrected chi connectivity index (χ3v) is 10.4. The molecule has 1 aromatic carbocycles. The molecule has 206 valence electrons. The fourth-order valence-electron chi connectivity index (χ4n) is 6.90. The van der Waals surface area contributed by atoms with Gasteiger partial charge in [-0.25, -0.2) is 4.68 Å². The van der Waals surface area contributed by atoms with E-state index in [1.54, 1.807) is 33.2 Å². The monoisotopic (exact) mass is 550 g/mol. The van der Waals surface area contributed by atoms with E-state index in [9.17, 15) is 19.5 Å². The number of likely N-dealkylation sites (tertiary alicyclic amines) is 1. The van der Waals surface area contributed by atoms with Crippen LogP contribution < -0.4 is 0 Å². The van der Waals surface area contributed by atoms with Crippen molar-refractivity contribution >= 4 is 40.5 Å². The van der Waals surface area contributed by atoms with E-state index >= 15 is 0 Å². The van der Waals surface area contributed by atoms with Crippen LogP contribution >= 0.6 is 11.8 Å². The largest absolute Gasteiger partial charge is 0.394 e. The number of fused-ring (bicyclic) bond motifs is 3. The van der Waals surface area contributed by atoms with Crippen LogP contribution in [0.1, 0.15) is 27.2 Å². The number of aliphatic hydroxyl groups excluding tert-OH is 1. The highest BCUT2D eigenvalue weighted by atomic mass is 32.2. The Morgan fingerprint density at radius 2 is 1.79 bits per heavy atom. The summed E-state index contributed by atoms with van der Waals surface area (Å²) in [6.07, 6.45) is 8.85. The van der Waals surface area contributed by atoms with Crippen LogP contribution in [0.25, 0.3) is 11.0 Å². The molecule has 5 heterocycles. The number of aliphatic hydroxyl groups is 1. The van der Waals surface area contributed by atoms with Crippen LogP contribution in [-0.2, 0) is 21.1 Å². The smallest absolute Gasteiger partial charge is 0.248 e. The Bertz CT molecular complexity index is 1390. The van der Waals surface area contributed by atoms with E-state index in [2.05, 4.69) is 16.4 Å². The number of hydrogen-bond acceptors (Lipinski definition) is 7. The Balaban J connectivity index is 1.43. The highest BCUT2D eigenvalue weighted by Crippen LogP contribution is 2.65. The molecule has 1 aromatic heterocycles. The first kappa shape index (κ1) is 26.1. The molecule has 4 aliphatic rings. The van der Waals surface area contributed by atoms with Crippen molar-refractivity contribution in [2.75, 3.05) is 26.2 Å². The number of nitrogens with zero attached hydrogens (tertiary/aromatic N) is 6. The van der Waals surface area contributed by atoms with E-state index < -0.39 is 33.4 Å². The number of thioether (sulfide) groups is 1. The summed E-state index contributed by atoms with van der Waals surface area (Å²) in [7, 11) is 0. The minimum absolute atomic E-state index is 0.0413. The predicted molar refractivity (Wildman–Crippen MR) is 147 cm³/mol. The summed E-state index contributed by atoms with van der Waals surface area (Å²) < 4.78 is 0.106. The Morgan fingerprint density at radius 3 is 2.56 bits per heavy atom. The number of para-hydroxylation sites is 1. The van der Waals surface area contributed by atoms with E-state index in [0.29, 0.717) is 19.6 Å². The van der Waals surface area contributed by atoms with Crippen LogP contribution in [0.15, 0.2) is 48.6 Å². The second-order valence-electron chi connectivity index (χ2n) is 11.1. The fourth-order valence-corrected chi connectivity index (χ4v) is 9.05. The Labute approximate surface area is 231 Å². The van der Waals surface area contributed by atoms with Crippen LogP contribution in [0.2, 0.25) is 0 Å². The van der Waals surface area contributed by atoms with Gasteiger partial charge >= 0.3 is 0 Å². The predicted octanol–water partition coefficient (Wildman–Crippen LogP) is 1.66. The molecule has 0 aliphatic carbocycles. The number of benzene rings is 1. The number of carbonyl (C=O) groups excluding carboxylic acids is 3. The van der Waals surface area contributed by atoms with Crippen LogP contribution in [0.5, 0.6) is 0 Å². The molecule has 10 nitrogen and oxygen atoms in total. The first-order valence-corrected chi connectivity index (χ1v) is 14.4. The summed E-state index contributed by atoms with van der Waals surface area (Å²) in [5.41, 5.74) is 1.55. The molecule has 11 heteroatoms. The van der Waals surface area contributed by atoms with Gasteiger partial charge in [-0.05, 0) is 32.4 Å². The van der Waals surface area contributed by atoms with Crippen LogP contribution in [0.4, 0.5) is 0 Å². The summed E-state index contributed by atoms with van der Waals surface area (Å²) in [6.45, 7) is 7.17. The first-order chi connectivity index (χ1) is 18.8. The van der Waals surface area contributed by atoms with Crippen LogP contribution in [0, 0.1) is 11.8 Å². The normalized spacial score (nSPS) is 32.9. The second-order valence-corrected chi connectivity index (χ2v) is 12.9. The SMILES string of the molecule is CCCN1CC=C[C@]2(C)S[C@]34C=CCN(Cn5nnc6ccccc65)C(=O)C3N([C@H](C)CO)C(=O)[C@@H]4[C@@H]2C1=O. The van der Waals surface area contributed by atoms with Crippen molar-refractivity contribution in [1.82, 2.24) is 29.7 Å². The topological polar surface area (TPSA) is 112 Å². The quantitative estimate of drug-likeness (QED) is 0.545. The summed E-state index contributed by atoms with van der Waals surface area (Å²) in [6, 6.07) is 6.13. The van der Waals surface area contributed by atoms with Crippen LogP contribution in [-0.4, -0.2) is 100 Å². The van der Waals surface area contributed by atoms with Gasteiger partial charge in [0.25, 0.3) is 0 Å². The van der Waals surface area contributed by atoms with Crippen molar-refractivity contribution in [2.24, 2.45) is 11.8 Å². The standard InChI is InChI=1S/C28H34N6O4S/c1-4-13-31-14-7-11-27(3)21(24(31)36)22-25(37)34(18(2)16-35)23-26(38)32(15-8-12-28(22,23)39-27)17-33-20-10-6-5-9-19(20)29-30-33/h5-12,18,21-23,35H,4,13-17H2,1-3H3/t18-,21-,22+,23?,27+,28+/m1/s1. The summed E-state index contributed by atoms with van der Waals surface area (Å²) in [5, 5.41) is 18.6. The lowest BCUT2D eigenvalue weighted by atomic mass is 9.74. The zero-order chi connectivity index (χ0) is 27.5. The Hall–Kier alpha value is -3.18. The number of hydrogen-bond donors (Lipinski definition) is 1. The van der Waals surface area contributed by atoms with E-state index in [0.717, 1.165) is 17.5 Å². The molecule has 2 saturated heterocycles. The molecule has 39 heavy (non-hydrogen) atoms. The van der Waals surface area contributed by atoms with Crippen molar-refractivity contribution in [3.8, 4) is 0 Å². The molecule has 4 aliphatic heterocycles. The lowest BCUT2D eigenvalue weighted by Gasteiger charge is -2.38. The van der Waals surface area contributed by atoms with Crippen molar-refractivity contribution < 1.29 is 19.5 Å². The number of aromatic nitrogens is 3. The molecular weight excluding hydrogens is 516 g/mol. The lowest BCUT2D eigenvalue weighted by Crippen LogP contribution is -2.56. The lowest BCUT2D eigenvalue weighted by molar-refractivity contribution is -0.147. The minimum Gasteiger partial charge on any atom is -0.394 e. The molecule has 1 spiro atoms. The Kier molecular flexibility index (Phi) is 6.33. The molecule has 1 unspecified atom stereocenters. The summed E-state index contributed by atoms with van der Waals surface area (Å²) in [4.78, 5) is 47.8. The number of amides is 3. The van der Waals surface area contributed by atoms with Gasteiger partial charge in [-0.2, -0.15) is 0 Å². The van der Waals surface area contributed by atoms with E-state index in [1.165, 1.54) is 0 Å². The van der Waals surface area contributed by atoms with Gasteiger partial charge < -0.3 is 19.8 Å². The third-order valence-electron chi connectivity index (χ3n) is 8.62. The first-order valence-electron chi connectivity index (χ1n) is 13.6. The minimum atomic E-state index is -0.939. The highest BCUT2D eigenvalue weighted by molar-refractivity contribution is 8.02. The average Bonchev–Trinajstić information content (AvgIpc) is 3.46. The third kappa shape index (κ3) is 3.76. The molecule has 6 rings (SSSR count). The molecule has 3 amide bonds. The van der Waals surface area contributed by atoms with Crippen molar-refractivity contribution in [2.45, 2.75) is 55.4 Å². The van der Waals surface area contributed by atoms with Crippen molar-refractivity contribution in [3.63, 3.8) is 0 Å². The van der Waals surface area contributed by atoms with Gasteiger partial charge in [0.15, 0.2) is 0 Å². The number of rotatable bonds is 6. The van der Waals surface area contributed by atoms with Gasteiger partial charge in [-0.15, -0.1) is 16.9 Å². The van der Waals surface area contributed by atoms with Crippen molar-refractivity contribution in [3.05, 3.63) is 48.6 Å². The van der Waals surface area contributed by atoms with Gasteiger partial charge in [-0.1, -0.05) is 48.6 Å². The maximum Gasteiger partial charge on any atom is 0.248 e. The van der Waals surface area contributed by atoms with Gasteiger partial charge in [0.05, 0.1) is 34.7 Å².